The van der Waals surface area contributed by atoms with Crippen molar-refractivity contribution < 1.29 is 12.7 Å². The van der Waals surface area contributed by atoms with Crippen molar-refractivity contribution >= 4 is 16.1 Å². The maximum Gasteiger partial charge on any atom is 0.325 e. The predicted molar refractivity (Wildman–Crippen MR) is 50.7 cm³/mol. The Bertz CT molecular complexity index is 271. The van der Waals surface area contributed by atoms with E-state index in [2.05, 4.69) is 9.44 Å². The largest absolute Gasteiger partial charge is 0.346 e. The zero-order valence-electron chi connectivity index (χ0n) is 8.47. The SMILES string of the molecule is CN(C)C(=NOS(C)(=O)=O)N(C)C. The maximum absolute atomic E-state index is 10.6. The second kappa shape index (κ2) is 4.31. The molecule has 0 amide bonds. The molecule has 0 bridgehead atoms. The van der Waals surface area contributed by atoms with E-state index >= 15 is 0 Å². The summed E-state index contributed by atoms with van der Waals surface area (Å²) in [5.41, 5.74) is 0. The molecule has 78 valence electrons. The molecule has 0 aliphatic heterocycles. The molecule has 0 N–H and O–H groups in total. The van der Waals surface area contributed by atoms with Crippen molar-refractivity contribution in [3.63, 3.8) is 0 Å². The van der Waals surface area contributed by atoms with Gasteiger partial charge in [-0.25, -0.2) is 0 Å². The monoisotopic (exact) mass is 209 g/mol. The van der Waals surface area contributed by atoms with Crippen LogP contribution in [0.5, 0.6) is 0 Å². The van der Waals surface area contributed by atoms with E-state index in [1.165, 1.54) is 0 Å². The Morgan fingerprint density at radius 2 is 1.54 bits per heavy atom. The summed E-state index contributed by atoms with van der Waals surface area (Å²) in [6.45, 7) is 0. The molecule has 0 aromatic carbocycles. The van der Waals surface area contributed by atoms with Gasteiger partial charge in [0.15, 0.2) is 0 Å². The Morgan fingerprint density at radius 3 is 1.77 bits per heavy atom. The van der Waals surface area contributed by atoms with Gasteiger partial charge in [0.1, 0.15) is 0 Å². The Labute approximate surface area is 78.9 Å². The van der Waals surface area contributed by atoms with Gasteiger partial charge < -0.3 is 9.80 Å². The lowest BCUT2D eigenvalue weighted by atomic mass is 10.7. The molecule has 0 unspecified atom stereocenters. The second-order valence-corrected chi connectivity index (χ2v) is 4.52. The van der Waals surface area contributed by atoms with E-state index in [1.54, 1.807) is 38.0 Å². The average molecular weight is 209 g/mol. The minimum absolute atomic E-state index is 0.422. The van der Waals surface area contributed by atoms with Crippen molar-refractivity contribution in [1.82, 2.24) is 9.80 Å². The van der Waals surface area contributed by atoms with Gasteiger partial charge in [-0.1, -0.05) is 0 Å². The van der Waals surface area contributed by atoms with Crippen molar-refractivity contribution in [2.45, 2.75) is 0 Å². The molecule has 0 aliphatic rings. The molecular formula is C6H15N3O3S. The van der Waals surface area contributed by atoms with E-state index in [4.69, 9.17) is 0 Å². The number of hydrogen-bond acceptors (Lipinski definition) is 4. The molecule has 0 spiro atoms. The second-order valence-electron chi connectivity index (χ2n) is 2.96. The van der Waals surface area contributed by atoms with Gasteiger partial charge in [0.25, 0.3) is 0 Å². The van der Waals surface area contributed by atoms with Crippen LogP contribution < -0.4 is 0 Å². The van der Waals surface area contributed by atoms with Crippen molar-refractivity contribution in [1.29, 1.82) is 0 Å². The molecule has 13 heavy (non-hydrogen) atoms. The summed E-state index contributed by atoms with van der Waals surface area (Å²) in [6.07, 6.45) is 0.944. The van der Waals surface area contributed by atoms with Crippen LogP contribution in [0.1, 0.15) is 0 Å². The fourth-order valence-corrected chi connectivity index (χ4v) is 0.866. The number of rotatable bonds is 2. The van der Waals surface area contributed by atoms with Crippen LogP contribution >= 0.6 is 0 Å². The number of oxime groups is 1. The summed E-state index contributed by atoms with van der Waals surface area (Å²) in [5.74, 6) is 0.422. The van der Waals surface area contributed by atoms with Crippen molar-refractivity contribution in [2.24, 2.45) is 5.16 Å². The fourth-order valence-electron chi connectivity index (χ4n) is 0.664. The van der Waals surface area contributed by atoms with Crippen molar-refractivity contribution in [3.8, 4) is 0 Å². The zero-order valence-corrected chi connectivity index (χ0v) is 9.29. The van der Waals surface area contributed by atoms with Crippen molar-refractivity contribution in [2.75, 3.05) is 34.4 Å². The lowest BCUT2D eigenvalue weighted by Gasteiger charge is -2.20. The molecule has 6 nitrogen and oxygen atoms in total. The number of nitrogens with zero attached hydrogens (tertiary/aromatic N) is 3. The van der Waals surface area contributed by atoms with Gasteiger partial charge >= 0.3 is 10.1 Å². The molecule has 0 aromatic heterocycles. The average Bonchev–Trinajstić information content (AvgIpc) is 1.82. The summed E-state index contributed by atoms with van der Waals surface area (Å²) in [5, 5.41) is 3.47. The highest BCUT2D eigenvalue weighted by Gasteiger charge is 2.07. The standard InChI is InChI=1S/C6H15N3O3S/c1-8(2)6(9(3)4)7-12-13(5,10)11/h1-5H3. The topological polar surface area (TPSA) is 62.2 Å². The lowest BCUT2D eigenvalue weighted by molar-refractivity contribution is 0.318. The van der Waals surface area contributed by atoms with E-state index in [9.17, 15) is 8.42 Å². The van der Waals surface area contributed by atoms with Crippen LogP contribution in [0.4, 0.5) is 0 Å². The van der Waals surface area contributed by atoms with E-state index < -0.39 is 10.1 Å². The van der Waals surface area contributed by atoms with Gasteiger partial charge in [0, 0.05) is 28.2 Å². The van der Waals surface area contributed by atoms with Gasteiger partial charge in [-0.15, -0.1) is 0 Å². The Hall–Kier alpha value is -0.980. The predicted octanol–water partition coefficient (Wildman–Crippen LogP) is -0.643. The van der Waals surface area contributed by atoms with E-state index in [-0.39, 0.29) is 0 Å². The Balaban J connectivity index is 4.57. The first-order chi connectivity index (χ1) is 5.74. The lowest BCUT2D eigenvalue weighted by Crippen LogP contribution is -2.35. The number of guanidine groups is 1. The molecule has 0 atom stereocenters. The van der Waals surface area contributed by atoms with Gasteiger partial charge in [0.05, 0.1) is 6.26 Å². The molecule has 0 fully saturated rings. The molecule has 0 saturated heterocycles. The molecule has 0 rings (SSSR count). The maximum atomic E-state index is 10.6. The summed E-state index contributed by atoms with van der Waals surface area (Å²) in [7, 11) is 3.44. The van der Waals surface area contributed by atoms with Gasteiger partial charge in [-0.2, -0.15) is 8.42 Å². The minimum Gasteiger partial charge on any atom is -0.346 e. The molecule has 0 radical (unpaired) electrons. The zero-order chi connectivity index (χ0) is 10.6. The minimum atomic E-state index is -3.53. The summed E-state index contributed by atoms with van der Waals surface area (Å²) in [6, 6.07) is 0. The Kier molecular flexibility index (Phi) is 3.99. The molecule has 0 aromatic rings. The van der Waals surface area contributed by atoms with Gasteiger partial charge in [0.2, 0.25) is 5.96 Å². The summed E-state index contributed by atoms with van der Waals surface area (Å²) in [4.78, 5) is 3.29. The fraction of sp³-hybridized carbons (Fsp3) is 0.833. The smallest absolute Gasteiger partial charge is 0.325 e. The van der Waals surface area contributed by atoms with Crippen LogP contribution in [-0.2, 0) is 14.4 Å². The highest BCUT2D eigenvalue weighted by atomic mass is 32.2. The van der Waals surface area contributed by atoms with Crippen LogP contribution in [0, 0.1) is 0 Å². The van der Waals surface area contributed by atoms with Crippen LogP contribution in [-0.4, -0.2) is 58.6 Å². The third-order valence-corrected chi connectivity index (χ3v) is 1.40. The molecular weight excluding hydrogens is 194 g/mol. The molecule has 7 heteroatoms. The van der Waals surface area contributed by atoms with Gasteiger partial charge in [-0.05, 0) is 5.16 Å². The van der Waals surface area contributed by atoms with Crippen LogP contribution in [0.15, 0.2) is 5.16 Å². The van der Waals surface area contributed by atoms with Crippen LogP contribution in [0.2, 0.25) is 0 Å². The van der Waals surface area contributed by atoms with E-state index in [0.29, 0.717) is 5.96 Å². The van der Waals surface area contributed by atoms with E-state index in [0.717, 1.165) is 6.26 Å². The van der Waals surface area contributed by atoms with E-state index in [1.807, 2.05) is 0 Å². The highest BCUT2D eigenvalue weighted by Crippen LogP contribution is 1.93. The van der Waals surface area contributed by atoms with Crippen LogP contribution in [0.3, 0.4) is 0 Å². The first-order valence-corrected chi connectivity index (χ1v) is 5.37. The molecule has 0 aliphatic carbocycles. The highest BCUT2D eigenvalue weighted by molar-refractivity contribution is 7.85. The third-order valence-electron chi connectivity index (χ3n) is 1.05. The third kappa shape index (κ3) is 5.29. The molecule has 0 heterocycles. The summed E-state index contributed by atoms with van der Waals surface area (Å²) >= 11 is 0. The Morgan fingerprint density at radius 1 is 1.15 bits per heavy atom. The first kappa shape index (κ1) is 12.0. The van der Waals surface area contributed by atoms with Gasteiger partial charge in [-0.3, -0.25) is 4.28 Å². The first-order valence-electron chi connectivity index (χ1n) is 3.55. The number of hydrogen-bond donors (Lipinski definition) is 0. The molecule has 0 saturated carbocycles. The normalized spacial score (nSPS) is 10.5. The summed E-state index contributed by atoms with van der Waals surface area (Å²) < 4.78 is 25.5. The quantitative estimate of drug-likeness (QED) is 0.344. The van der Waals surface area contributed by atoms with Crippen molar-refractivity contribution in [3.05, 3.63) is 0 Å². The van der Waals surface area contributed by atoms with Crippen LogP contribution in [0.25, 0.3) is 0 Å².